The summed E-state index contributed by atoms with van der Waals surface area (Å²) in [6, 6.07) is 7.54. The van der Waals surface area contributed by atoms with E-state index < -0.39 is 0 Å². The maximum absolute atomic E-state index is 5.65. The SMILES string of the molecule is COc1ccccc1OCc1csc(CN)n1. The van der Waals surface area contributed by atoms with Gasteiger partial charge in [0, 0.05) is 11.9 Å². The Morgan fingerprint density at radius 3 is 2.71 bits per heavy atom. The fourth-order valence-corrected chi connectivity index (χ4v) is 2.06. The quantitative estimate of drug-likeness (QED) is 0.883. The van der Waals surface area contributed by atoms with Gasteiger partial charge >= 0.3 is 0 Å². The molecule has 5 heteroatoms. The van der Waals surface area contributed by atoms with E-state index in [9.17, 15) is 0 Å². The summed E-state index contributed by atoms with van der Waals surface area (Å²) < 4.78 is 10.8. The summed E-state index contributed by atoms with van der Waals surface area (Å²) >= 11 is 1.55. The molecule has 1 heterocycles. The van der Waals surface area contributed by atoms with Crippen LogP contribution in [0.1, 0.15) is 10.7 Å². The van der Waals surface area contributed by atoms with Crippen LogP contribution in [-0.4, -0.2) is 12.1 Å². The summed E-state index contributed by atoms with van der Waals surface area (Å²) in [5, 5.41) is 2.88. The number of ether oxygens (including phenoxy) is 2. The molecule has 0 atom stereocenters. The molecule has 17 heavy (non-hydrogen) atoms. The van der Waals surface area contributed by atoms with Crippen molar-refractivity contribution in [2.75, 3.05) is 7.11 Å². The zero-order valence-corrected chi connectivity index (χ0v) is 10.4. The molecular formula is C12H14N2O2S. The van der Waals surface area contributed by atoms with E-state index in [-0.39, 0.29) is 0 Å². The van der Waals surface area contributed by atoms with E-state index in [2.05, 4.69) is 4.98 Å². The lowest BCUT2D eigenvalue weighted by Crippen LogP contribution is -1.99. The van der Waals surface area contributed by atoms with Gasteiger partial charge in [0.2, 0.25) is 0 Å². The maximum atomic E-state index is 5.65. The number of thiazole rings is 1. The first-order chi connectivity index (χ1) is 8.33. The molecule has 4 nitrogen and oxygen atoms in total. The molecule has 2 aromatic rings. The van der Waals surface area contributed by atoms with Crippen LogP contribution in [0.4, 0.5) is 0 Å². The van der Waals surface area contributed by atoms with Gasteiger partial charge in [0.05, 0.1) is 12.8 Å². The Hall–Kier alpha value is -1.59. The second kappa shape index (κ2) is 5.65. The van der Waals surface area contributed by atoms with Gasteiger partial charge in [-0.1, -0.05) is 12.1 Å². The van der Waals surface area contributed by atoms with Crippen molar-refractivity contribution in [2.45, 2.75) is 13.2 Å². The maximum Gasteiger partial charge on any atom is 0.161 e. The van der Waals surface area contributed by atoms with Crippen LogP contribution >= 0.6 is 11.3 Å². The van der Waals surface area contributed by atoms with Crippen LogP contribution in [0.15, 0.2) is 29.6 Å². The Kier molecular flexibility index (Phi) is 3.95. The van der Waals surface area contributed by atoms with Gasteiger partial charge in [0.15, 0.2) is 11.5 Å². The van der Waals surface area contributed by atoms with E-state index in [4.69, 9.17) is 15.2 Å². The average Bonchev–Trinajstić information content (AvgIpc) is 2.84. The highest BCUT2D eigenvalue weighted by atomic mass is 32.1. The lowest BCUT2D eigenvalue weighted by Gasteiger charge is -2.08. The number of benzene rings is 1. The Morgan fingerprint density at radius 1 is 1.29 bits per heavy atom. The highest BCUT2D eigenvalue weighted by Gasteiger charge is 2.05. The van der Waals surface area contributed by atoms with Crippen LogP contribution in [0.5, 0.6) is 11.5 Å². The van der Waals surface area contributed by atoms with Crippen LogP contribution in [0.25, 0.3) is 0 Å². The first-order valence-electron chi connectivity index (χ1n) is 5.22. The molecule has 0 bridgehead atoms. The number of hydrogen-bond donors (Lipinski definition) is 1. The van der Waals surface area contributed by atoms with Crippen LogP contribution in [-0.2, 0) is 13.2 Å². The van der Waals surface area contributed by atoms with Gasteiger partial charge in [-0.25, -0.2) is 4.98 Å². The van der Waals surface area contributed by atoms with Gasteiger partial charge in [0.25, 0.3) is 0 Å². The fourth-order valence-electron chi connectivity index (χ4n) is 1.40. The van der Waals surface area contributed by atoms with Crippen molar-refractivity contribution in [3.63, 3.8) is 0 Å². The van der Waals surface area contributed by atoms with E-state index in [1.165, 1.54) is 0 Å². The summed E-state index contributed by atoms with van der Waals surface area (Å²) in [5.74, 6) is 1.44. The van der Waals surface area contributed by atoms with E-state index >= 15 is 0 Å². The number of nitrogens with two attached hydrogens (primary N) is 1. The largest absolute Gasteiger partial charge is 0.493 e. The summed E-state index contributed by atoms with van der Waals surface area (Å²) in [7, 11) is 1.62. The van der Waals surface area contributed by atoms with Crippen molar-refractivity contribution in [3.8, 4) is 11.5 Å². The van der Waals surface area contributed by atoms with Gasteiger partial charge in [0.1, 0.15) is 11.6 Å². The molecule has 1 aromatic carbocycles. The van der Waals surface area contributed by atoms with E-state index in [0.717, 1.165) is 22.2 Å². The minimum atomic E-state index is 0.427. The van der Waals surface area contributed by atoms with Crippen molar-refractivity contribution in [2.24, 2.45) is 5.73 Å². The van der Waals surface area contributed by atoms with Gasteiger partial charge in [-0.05, 0) is 12.1 Å². The van der Waals surface area contributed by atoms with Crippen molar-refractivity contribution in [1.82, 2.24) is 4.98 Å². The van der Waals surface area contributed by atoms with Crippen molar-refractivity contribution in [1.29, 1.82) is 0 Å². The standard InChI is InChI=1S/C12H14N2O2S/c1-15-10-4-2-3-5-11(10)16-7-9-8-17-12(6-13)14-9/h2-5,8H,6-7,13H2,1H3. The van der Waals surface area contributed by atoms with Crippen LogP contribution in [0.2, 0.25) is 0 Å². The molecule has 0 amide bonds. The van der Waals surface area contributed by atoms with Crippen LogP contribution in [0.3, 0.4) is 0 Å². The van der Waals surface area contributed by atoms with Crippen LogP contribution in [0, 0.1) is 0 Å². The number of hydrogen-bond acceptors (Lipinski definition) is 5. The molecule has 0 aliphatic rings. The molecule has 0 saturated heterocycles. The first-order valence-corrected chi connectivity index (χ1v) is 6.10. The molecule has 2 N–H and O–H groups in total. The zero-order valence-electron chi connectivity index (χ0n) is 9.55. The lowest BCUT2D eigenvalue weighted by atomic mass is 10.3. The zero-order chi connectivity index (χ0) is 12.1. The summed E-state index contributed by atoms with van der Waals surface area (Å²) in [4.78, 5) is 4.33. The summed E-state index contributed by atoms with van der Waals surface area (Å²) in [6.07, 6.45) is 0. The minimum Gasteiger partial charge on any atom is -0.493 e. The molecule has 0 aliphatic carbocycles. The molecule has 1 aromatic heterocycles. The molecule has 2 rings (SSSR count). The molecule has 90 valence electrons. The monoisotopic (exact) mass is 250 g/mol. The predicted molar refractivity (Wildman–Crippen MR) is 67.3 cm³/mol. The average molecular weight is 250 g/mol. The highest BCUT2D eigenvalue weighted by Crippen LogP contribution is 2.26. The van der Waals surface area contributed by atoms with E-state index in [0.29, 0.717) is 13.2 Å². The van der Waals surface area contributed by atoms with Gasteiger partial charge < -0.3 is 15.2 Å². The lowest BCUT2D eigenvalue weighted by molar-refractivity contribution is 0.281. The van der Waals surface area contributed by atoms with Gasteiger partial charge in [-0.3, -0.25) is 0 Å². The Bertz CT molecular complexity index is 485. The Morgan fingerprint density at radius 2 is 2.06 bits per heavy atom. The predicted octanol–water partition coefficient (Wildman–Crippen LogP) is 2.19. The molecule has 0 saturated carbocycles. The third-order valence-electron chi connectivity index (χ3n) is 2.22. The smallest absolute Gasteiger partial charge is 0.161 e. The van der Waals surface area contributed by atoms with Crippen molar-refractivity contribution >= 4 is 11.3 Å². The fraction of sp³-hybridized carbons (Fsp3) is 0.250. The molecule has 0 aliphatic heterocycles. The first kappa shape index (κ1) is 11.9. The normalized spacial score (nSPS) is 10.2. The second-order valence-corrected chi connectivity index (χ2v) is 4.32. The van der Waals surface area contributed by atoms with Crippen LogP contribution < -0.4 is 15.2 Å². The third-order valence-corrected chi connectivity index (χ3v) is 3.14. The number of aromatic nitrogens is 1. The minimum absolute atomic E-state index is 0.427. The van der Waals surface area contributed by atoms with Gasteiger partial charge in [-0.15, -0.1) is 11.3 Å². The third kappa shape index (κ3) is 2.95. The van der Waals surface area contributed by atoms with E-state index in [1.807, 2.05) is 29.6 Å². The van der Waals surface area contributed by atoms with Gasteiger partial charge in [-0.2, -0.15) is 0 Å². The molecule has 0 spiro atoms. The van der Waals surface area contributed by atoms with Crippen molar-refractivity contribution in [3.05, 3.63) is 40.3 Å². The Balaban J connectivity index is 2.01. The molecule has 0 unspecified atom stereocenters. The molecular weight excluding hydrogens is 236 g/mol. The summed E-state index contributed by atoms with van der Waals surface area (Å²) in [6.45, 7) is 0.899. The summed E-state index contributed by atoms with van der Waals surface area (Å²) in [5.41, 5.74) is 6.39. The molecule has 0 radical (unpaired) electrons. The highest BCUT2D eigenvalue weighted by molar-refractivity contribution is 7.09. The molecule has 0 fully saturated rings. The van der Waals surface area contributed by atoms with E-state index in [1.54, 1.807) is 18.4 Å². The Labute approximate surface area is 104 Å². The number of methoxy groups -OCH3 is 1. The number of para-hydroxylation sites is 2. The van der Waals surface area contributed by atoms with Crippen molar-refractivity contribution < 1.29 is 9.47 Å². The number of nitrogens with zero attached hydrogens (tertiary/aromatic N) is 1. The topological polar surface area (TPSA) is 57.4 Å². The second-order valence-electron chi connectivity index (χ2n) is 3.38. The number of rotatable bonds is 5.